The van der Waals surface area contributed by atoms with E-state index in [4.69, 9.17) is 66.7 Å². The predicted octanol–water partition coefficient (Wildman–Crippen LogP) is 1.69. The fourth-order valence-electron chi connectivity index (χ4n) is 18.8. The number of hydrogen-bond donors (Lipinski definition) is 20. The highest BCUT2D eigenvalue weighted by molar-refractivity contribution is 6.32. The molecule has 17 rings (SSSR count). The van der Waals surface area contributed by atoms with Crippen molar-refractivity contribution in [2.75, 3.05) is 13.7 Å². The second-order valence-corrected chi connectivity index (χ2v) is 34.9. The van der Waals surface area contributed by atoms with Crippen molar-refractivity contribution in [3.63, 3.8) is 0 Å². The lowest BCUT2D eigenvalue weighted by molar-refractivity contribution is -0.333. The third kappa shape index (κ3) is 17.9. The summed E-state index contributed by atoms with van der Waals surface area (Å²) in [6.07, 6.45) is -17.3. The third-order valence-corrected chi connectivity index (χ3v) is 24.8. The first-order valence-electron chi connectivity index (χ1n) is 40.2. The number of carbonyl (C=O) groups excluding carboxylic acids is 8. The van der Waals surface area contributed by atoms with Gasteiger partial charge < -0.3 is 144 Å². The van der Waals surface area contributed by atoms with Crippen molar-refractivity contribution in [2.45, 2.75) is 245 Å². The summed E-state index contributed by atoms with van der Waals surface area (Å²) in [5.74, 6) is -12.7. The zero-order valence-electron chi connectivity index (χ0n) is 66.9. The summed E-state index contributed by atoms with van der Waals surface area (Å²) in [5, 5.41) is 127. The van der Waals surface area contributed by atoms with E-state index in [2.05, 4.69) is 42.5 Å². The summed E-state index contributed by atoms with van der Waals surface area (Å²) in [7, 11) is 1.49. The van der Waals surface area contributed by atoms with Gasteiger partial charge in [0.1, 0.15) is 95.5 Å². The number of amides is 8. The van der Waals surface area contributed by atoms with E-state index in [9.17, 15) is 55.5 Å². The van der Waals surface area contributed by atoms with Crippen LogP contribution in [0, 0.1) is 23.7 Å². The lowest BCUT2D eigenvalue weighted by atomic mass is 9.53. The van der Waals surface area contributed by atoms with E-state index in [1.807, 2.05) is 13.8 Å². The largest absolute Gasteiger partial charge is 0.508 e. The minimum absolute atomic E-state index is 0.0346. The van der Waals surface area contributed by atoms with Gasteiger partial charge in [-0.25, -0.2) is 0 Å². The Morgan fingerprint density at radius 2 is 1.23 bits per heavy atom. The van der Waals surface area contributed by atoms with E-state index in [-0.39, 0.29) is 92.8 Å². The molecule has 5 aromatic carbocycles. The van der Waals surface area contributed by atoms with E-state index >= 15 is 28.8 Å². The Morgan fingerprint density at radius 3 is 1.83 bits per heavy atom. The number of carbonyl (C=O) groups is 8. The molecule has 37 heteroatoms. The monoisotopic (exact) mass is 1690 g/mol. The molecular formula is C83H104ClN11O25. The normalized spacial score (nSPS) is 35.1. The maximum absolute atomic E-state index is 16.6. The minimum atomic E-state index is -2.32. The molecule has 36 nitrogen and oxygen atoms in total. The fourth-order valence-corrected chi connectivity index (χ4v) is 19.1. The maximum Gasteiger partial charge on any atom is 0.248 e. The van der Waals surface area contributed by atoms with Gasteiger partial charge in [0, 0.05) is 46.7 Å². The Morgan fingerprint density at radius 1 is 0.642 bits per heavy atom. The van der Waals surface area contributed by atoms with Gasteiger partial charge in [-0.15, -0.1) is 0 Å². The number of rotatable bonds is 16. The van der Waals surface area contributed by atoms with Crippen LogP contribution in [-0.4, -0.2) is 215 Å². The molecular weight excluding hydrogens is 1590 g/mol. The fraction of sp³-hybridized carbons (Fsp3) is 0.542. The zero-order chi connectivity index (χ0) is 86.2. The number of phenols is 3. The predicted molar refractivity (Wildman–Crippen MR) is 422 cm³/mol. The van der Waals surface area contributed by atoms with Crippen LogP contribution in [0.2, 0.25) is 5.02 Å². The van der Waals surface area contributed by atoms with Crippen LogP contribution in [0.3, 0.4) is 0 Å². The maximum atomic E-state index is 16.6. The molecule has 15 bridgehead atoms. The van der Waals surface area contributed by atoms with Crippen LogP contribution < -0.4 is 73.9 Å². The Bertz CT molecular complexity index is 4730. The van der Waals surface area contributed by atoms with Crippen LogP contribution >= 0.6 is 11.6 Å². The molecule has 0 radical (unpaired) electrons. The van der Waals surface area contributed by atoms with Crippen molar-refractivity contribution in [3.05, 3.63) is 118 Å². The Hall–Kier alpha value is -9.61. The van der Waals surface area contributed by atoms with E-state index < -0.39 is 239 Å². The van der Waals surface area contributed by atoms with Gasteiger partial charge in [-0.3, -0.25) is 38.4 Å². The molecule has 0 unspecified atom stereocenters. The molecule has 7 fully saturated rings. The second-order valence-electron chi connectivity index (χ2n) is 34.5. The van der Waals surface area contributed by atoms with E-state index in [1.54, 1.807) is 6.92 Å². The van der Waals surface area contributed by atoms with Gasteiger partial charge in [0.2, 0.25) is 59.3 Å². The van der Waals surface area contributed by atoms with Crippen molar-refractivity contribution in [1.29, 1.82) is 0 Å². The molecule has 120 heavy (non-hydrogen) atoms. The molecule has 5 aromatic rings. The van der Waals surface area contributed by atoms with Crippen molar-refractivity contribution in [3.8, 4) is 57.1 Å². The number of phenolic OH excluding ortho intramolecular Hbond substituents is 3. The number of hydrogen-bond acceptors (Lipinski definition) is 28. The van der Waals surface area contributed by atoms with Crippen LogP contribution in [0.4, 0.5) is 0 Å². The van der Waals surface area contributed by atoms with Crippen molar-refractivity contribution < 1.29 is 122 Å². The number of fused-ring (bicyclic) bond motifs is 15. The highest BCUT2D eigenvalue weighted by Gasteiger charge is 2.55. The van der Waals surface area contributed by atoms with Gasteiger partial charge in [0.25, 0.3) is 0 Å². The SMILES string of the molecule is CN[C@H](CC(C)C)C(=O)N[C@H]1C(=O)N[C@@H](CC(N)=O)C(=O)N[C@H]2C(=O)N[C@H]3C(=O)N[C@H](C(=O)N[C@@H](C(=O)NC45CC6CC(CC(C6)C4)C5)c4cc(O)cc(O)c4-c4cc3ccc4O)[C@H](O[C@@H]3C[C@@](C)(N)[C@H](O)[C@@H](C)O3)c3ccc(cc3)Oc3cc2cc(c3O[C@H]2O[C@@H](CO)[C@H](O)[C@@H](O)[C@@H]2O[C@H]2C[C@](C)(N)[C@@H](O)[C@H](C)O2)Oc2ccc(cc2Cl)[C@H]1O. The van der Waals surface area contributed by atoms with Crippen LogP contribution in [0.15, 0.2) is 84.9 Å². The summed E-state index contributed by atoms with van der Waals surface area (Å²) < 4.78 is 52.5. The molecule has 0 spiro atoms. The Labute approximate surface area is 694 Å². The van der Waals surface area contributed by atoms with E-state index in [1.165, 1.54) is 82.4 Å². The number of nitrogens with one attached hydrogen (secondary N) is 8. The third-order valence-electron chi connectivity index (χ3n) is 24.5. The first-order valence-corrected chi connectivity index (χ1v) is 40.6. The Kier molecular flexibility index (Phi) is 24.8. The highest BCUT2D eigenvalue weighted by atomic mass is 35.5. The summed E-state index contributed by atoms with van der Waals surface area (Å²) in [6.45, 7) is 8.83. The average molecular weight is 1690 g/mol. The molecule has 8 aliphatic heterocycles. The number of ether oxygens (including phenoxy) is 8. The van der Waals surface area contributed by atoms with E-state index in [0.717, 1.165) is 49.6 Å². The van der Waals surface area contributed by atoms with Crippen LogP contribution in [0.25, 0.3) is 11.1 Å². The molecule has 8 amide bonds. The lowest BCUT2D eigenvalue weighted by Crippen LogP contribution is -2.64. The average Bonchev–Trinajstić information content (AvgIpc) is 1.11. The molecule has 3 saturated heterocycles. The summed E-state index contributed by atoms with van der Waals surface area (Å²) >= 11 is 7.20. The minimum Gasteiger partial charge on any atom is -0.508 e. The number of benzene rings is 5. The number of halogens is 1. The number of aromatic hydroxyl groups is 3. The number of primary amides is 1. The van der Waals surface area contributed by atoms with Crippen LogP contribution in [-0.2, 0) is 62.0 Å². The second kappa shape index (κ2) is 34.4. The first-order chi connectivity index (χ1) is 56.8. The van der Waals surface area contributed by atoms with Gasteiger partial charge in [-0.1, -0.05) is 49.7 Å². The van der Waals surface area contributed by atoms with Gasteiger partial charge in [0.15, 0.2) is 30.2 Å². The molecule has 23 N–H and O–H groups in total. The number of aliphatic hydroxyl groups excluding tert-OH is 6. The zero-order valence-corrected chi connectivity index (χ0v) is 67.6. The molecule has 0 aromatic heterocycles. The molecule has 4 aliphatic carbocycles. The van der Waals surface area contributed by atoms with Gasteiger partial charge in [0.05, 0.1) is 48.5 Å². The van der Waals surface area contributed by atoms with Gasteiger partial charge in [-0.05, 0) is 186 Å². The van der Waals surface area contributed by atoms with Crippen LogP contribution in [0.5, 0.6) is 46.0 Å². The molecule has 4 saturated carbocycles. The number of likely N-dealkylation sites (N-methyl/N-ethyl adjacent to an activating group) is 1. The summed E-state index contributed by atoms with van der Waals surface area (Å²) in [5.41, 5.74) is 13.9. The van der Waals surface area contributed by atoms with E-state index in [0.29, 0.717) is 19.3 Å². The number of nitrogens with two attached hydrogens (primary N) is 3. The van der Waals surface area contributed by atoms with Crippen LogP contribution in [0.1, 0.15) is 164 Å². The smallest absolute Gasteiger partial charge is 0.248 e. The quantitative estimate of drug-likeness (QED) is 0.0668. The Balaban J connectivity index is 0.992. The molecule has 12 aliphatic rings. The topological polar surface area (TPSA) is 567 Å². The summed E-state index contributed by atoms with van der Waals surface area (Å²) in [6, 6.07) is 3.21. The summed E-state index contributed by atoms with van der Waals surface area (Å²) in [4.78, 5) is 124. The highest BCUT2D eigenvalue weighted by Crippen LogP contribution is 2.57. The first kappa shape index (κ1) is 86.8. The molecule has 22 atom stereocenters. The van der Waals surface area contributed by atoms with Crippen molar-refractivity contribution >= 4 is 58.9 Å². The molecule has 8 heterocycles. The van der Waals surface area contributed by atoms with Crippen molar-refractivity contribution in [2.24, 2.45) is 40.9 Å². The number of aliphatic hydroxyl groups is 6. The van der Waals surface area contributed by atoms with Gasteiger partial charge >= 0.3 is 0 Å². The van der Waals surface area contributed by atoms with Gasteiger partial charge in [-0.2, -0.15) is 0 Å². The van der Waals surface area contributed by atoms with Crippen molar-refractivity contribution in [1.82, 2.24) is 42.5 Å². The standard InChI is InChI=1S/C83H104ClN11O25/c1-33(2)16-48(88-7)73(106)93-63-65(101)41-11-15-52(47(84)21-41)116-54-23-42-22-53(69(54)120-80-70(67(103)66(102)55(32-96)117-80)119-58-31-82(6,87)72(105)35(4)114-58)115-44-12-8-39(9-13-44)68(118-57-30-81(5,86)71(104)34(3)113-57)64-78(111)92-62(79(112)95-83-27-36-17-37(28-83)19-38(18-36)29-83)46-24-43(97)25-51(99)59(46)45-20-40(10-14-50(45)98)60(75(108)94-64)91-76(109)61(42)90-74(107)49(26-56(85)100)89-77(63)110/h8-15,20-25,33-38,48-49,55,57-58,60-68,70-72,80,88,96-99,101-105H,16-19,26-32,86-87H2,1-7H3,(H2,85,100)(H,89,110)(H,90,107)(H,91,109)(H,92,111)(H,93,106)(H,94,108)(H,95,112)/t34-,35+,36?,37?,38?,48-,49+,55+,57-,58+,60-,61-,62-,63-,64+,65-,66+,67-,68-,70+,71-,72+,80-,81-,82+,83?/m1/s1. The lowest BCUT2D eigenvalue weighted by Gasteiger charge is -2.57. The molecule has 648 valence electrons.